The van der Waals surface area contributed by atoms with E-state index in [0.29, 0.717) is 24.0 Å². The molecule has 19 heavy (non-hydrogen) atoms. The van der Waals surface area contributed by atoms with Gasteiger partial charge in [0.2, 0.25) is 5.89 Å². The predicted molar refractivity (Wildman–Crippen MR) is 80.1 cm³/mol. The molecule has 0 aliphatic rings. The summed E-state index contributed by atoms with van der Waals surface area (Å²) in [5.41, 5.74) is 5.67. The van der Waals surface area contributed by atoms with Gasteiger partial charge < -0.3 is 10.3 Å². The van der Waals surface area contributed by atoms with Gasteiger partial charge in [0.25, 0.3) is 0 Å². The van der Waals surface area contributed by atoms with Crippen LogP contribution in [-0.4, -0.2) is 16.7 Å². The van der Waals surface area contributed by atoms with Gasteiger partial charge in [-0.05, 0) is 34.5 Å². The first kappa shape index (κ1) is 14.6. The van der Waals surface area contributed by atoms with Crippen LogP contribution in [0.15, 0.2) is 38.2 Å². The van der Waals surface area contributed by atoms with Crippen molar-refractivity contribution in [2.24, 2.45) is 5.73 Å². The zero-order chi connectivity index (χ0) is 13.7. The molecule has 2 aromatic rings. The Bertz CT molecular complexity index is 528. The molecule has 0 radical (unpaired) electrons. The van der Waals surface area contributed by atoms with Crippen LogP contribution in [0, 0.1) is 0 Å². The summed E-state index contributed by atoms with van der Waals surface area (Å²) in [4.78, 5) is 5.57. The fourth-order valence-corrected chi connectivity index (χ4v) is 3.05. The lowest BCUT2D eigenvalue weighted by Gasteiger charge is -2.04. The number of hydrogen-bond donors (Lipinski definition) is 1. The molecule has 2 rings (SSSR count). The SMILES string of the molecule is CCC(CN)c1nc(CSc2ccccc2Br)no1. The Kier molecular flexibility index (Phi) is 5.42. The van der Waals surface area contributed by atoms with Crippen molar-refractivity contribution < 1.29 is 4.52 Å². The highest BCUT2D eigenvalue weighted by Crippen LogP contribution is 2.29. The summed E-state index contributed by atoms with van der Waals surface area (Å²) in [5.74, 6) is 2.21. The topological polar surface area (TPSA) is 64.9 Å². The molecule has 0 amide bonds. The van der Waals surface area contributed by atoms with Crippen molar-refractivity contribution in [1.29, 1.82) is 0 Å². The molecular weight excluding hydrogens is 326 g/mol. The van der Waals surface area contributed by atoms with Crippen LogP contribution in [-0.2, 0) is 5.75 Å². The van der Waals surface area contributed by atoms with E-state index < -0.39 is 0 Å². The van der Waals surface area contributed by atoms with Crippen molar-refractivity contribution >= 4 is 27.7 Å². The highest BCUT2D eigenvalue weighted by atomic mass is 79.9. The summed E-state index contributed by atoms with van der Waals surface area (Å²) in [5, 5.41) is 4.00. The minimum absolute atomic E-state index is 0.162. The Hall–Kier alpha value is -0.850. The van der Waals surface area contributed by atoms with Gasteiger partial charge in [-0.25, -0.2) is 0 Å². The van der Waals surface area contributed by atoms with Gasteiger partial charge in [-0.2, -0.15) is 4.98 Å². The minimum Gasteiger partial charge on any atom is -0.339 e. The van der Waals surface area contributed by atoms with E-state index in [4.69, 9.17) is 10.3 Å². The Morgan fingerprint density at radius 2 is 2.21 bits per heavy atom. The summed E-state index contributed by atoms with van der Waals surface area (Å²) in [6, 6.07) is 8.08. The second-order valence-corrected chi connectivity index (χ2v) is 5.98. The molecule has 4 nitrogen and oxygen atoms in total. The van der Waals surface area contributed by atoms with E-state index in [9.17, 15) is 0 Å². The van der Waals surface area contributed by atoms with Gasteiger partial charge >= 0.3 is 0 Å². The van der Waals surface area contributed by atoms with Crippen LogP contribution in [0.4, 0.5) is 0 Å². The molecule has 0 saturated heterocycles. The van der Waals surface area contributed by atoms with Crippen molar-refractivity contribution in [2.45, 2.75) is 29.9 Å². The van der Waals surface area contributed by atoms with Gasteiger partial charge in [-0.3, -0.25) is 0 Å². The van der Waals surface area contributed by atoms with Gasteiger partial charge in [-0.1, -0.05) is 24.2 Å². The maximum Gasteiger partial charge on any atom is 0.231 e. The number of benzene rings is 1. The number of halogens is 1. The lowest BCUT2D eigenvalue weighted by atomic mass is 10.1. The number of hydrogen-bond acceptors (Lipinski definition) is 5. The highest BCUT2D eigenvalue weighted by molar-refractivity contribution is 9.10. The first-order chi connectivity index (χ1) is 9.24. The van der Waals surface area contributed by atoms with E-state index in [1.807, 2.05) is 18.2 Å². The van der Waals surface area contributed by atoms with Crippen LogP contribution in [0.2, 0.25) is 0 Å². The van der Waals surface area contributed by atoms with E-state index in [2.05, 4.69) is 39.1 Å². The van der Waals surface area contributed by atoms with E-state index in [-0.39, 0.29) is 5.92 Å². The van der Waals surface area contributed by atoms with E-state index >= 15 is 0 Å². The molecule has 2 N–H and O–H groups in total. The van der Waals surface area contributed by atoms with Crippen molar-refractivity contribution in [3.05, 3.63) is 40.5 Å². The molecule has 1 unspecified atom stereocenters. The zero-order valence-corrected chi connectivity index (χ0v) is 13.1. The molecule has 0 spiro atoms. The first-order valence-electron chi connectivity index (χ1n) is 6.14. The Balaban J connectivity index is 1.99. The van der Waals surface area contributed by atoms with Crippen LogP contribution in [0.1, 0.15) is 31.0 Å². The van der Waals surface area contributed by atoms with Gasteiger partial charge in [0.1, 0.15) is 0 Å². The largest absolute Gasteiger partial charge is 0.339 e. The molecule has 0 aliphatic carbocycles. The lowest BCUT2D eigenvalue weighted by Crippen LogP contribution is -2.11. The summed E-state index contributed by atoms with van der Waals surface area (Å²) in [6.07, 6.45) is 0.912. The summed E-state index contributed by atoms with van der Waals surface area (Å²) >= 11 is 5.20. The van der Waals surface area contributed by atoms with Crippen molar-refractivity contribution in [2.75, 3.05) is 6.54 Å². The Morgan fingerprint density at radius 1 is 1.42 bits per heavy atom. The molecule has 0 fully saturated rings. The summed E-state index contributed by atoms with van der Waals surface area (Å²) < 4.78 is 6.34. The standard InChI is InChI=1S/C13H16BrN3OS/c1-2-9(7-15)13-16-12(17-18-13)8-19-11-6-4-3-5-10(11)14/h3-6,9H,2,7-8,15H2,1H3. The fourth-order valence-electron chi connectivity index (χ4n) is 1.64. The second kappa shape index (κ2) is 7.07. The molecule has 1 aromatic heterocycles. The third-order valence-electron chi connectivity index (χ3n) is 2.80. The van der Waals surface area contributed by atoms with Crippen molar-refractivity contribution in [3.8, 4) is 0 Å². The second-order valence-electron chi connectivity index (χ2n) is 4.11. The van der Waals surface area contributed by atoms with Crippen LogP contribution >= 0.6 is 27.7 Å². The molecule has 102 valence electrons. The number of nitrogens with zero attached hydrogens (tertiary/aromatic N) is 2. The minimum atomic E-state index is 0.162. The molecule has 1 heterocycles. The molecule has 0 saturated carbocycles. The van der Waals surface area contributed by atoms with Crippen molar-refractivity contribution in [1.82, 2.24) is 10.1 Å². The Morgan fingerprint density at radius 3 is 2.89 bits per heavy atom. The van der Waals surface area contributed by atoms with Gasteiger partial charge in [0, 0.05) is 15.9 Å². The monoisotopic (exact) mass is 341 g/mol. The predicted octanol–water partition coefficient (Wildman–Crippen LogP) is 3.58. The van der Waals surface area contributed by atoms with Gasteiger partial charge in [0.05, 0.1) is 11.7 Å². The van der Waals surface area contributed by atoms with Crippen LogP contribution in [0.25, 0.3) is 0 Å². The summed E-state index contributed by atoms with van der Waals surface area (Å²) in [6.45, 7) is 2.60. The molecule has 0 bridgehead atoms. The third kappa shape index (κ3) is 3.81. The summed E-state index contributed by atoms with van der Waals surface area (Å²) in [7, 11) is 0. The normalized spacial score (nSPS) is 12.6. The average molecular weight is 342 g/mol. The average Bonchev–Trinajstić information content (AvgIpc) is 2.88. The fraction of sp³-hybridized carbons (Fsp3) is 0.385. The Labute approximate surface area is 125 Å². The van der Waals surface area contributed by atoms with E-state index in [0.717, 1.165) is 10.9 Å². The quantitative estimate of drug-likeness (QED) is 0.813. The highest BCUT2D eigenvalue weighted by Gasteiger charge is 2.15. The zero-order valence-electron chi connectivity index (χ0n) is 10.7. The maximum absolute atomic E-state index is 5.67. The van der Waals surface area contributed by atoms with Crippen LogP contribution in [0.3, 0.4) is 0 Å². The number of aromatic nitrogens is 2. The molecule has 0 aliphatic heterocycles. The molecule has 1 aromatic carbocycles. The molecule has 6 heteroatoms. The number of thioether (sulfide) groups is 1. The number of nitrogens with two attached hydrogens (primary N) is 1. The smallest absolute Gasteiger partial charge is 0.231 e. The third-order valence-corrected chi connectivity index (χ3v) is 4.83. The van der Waals surface area contributed by atoms with Gasteiger partial charge in [-0.15, -0.1) is 11.8 Å². The lowest BCUT2D eigenvalue weighted by molar-refractivity contribution is 0.348. The van der Waals surface area contributed by atoms with E-state index in [1.54, 1.807) is 11.8 Å². The van der Waals surface area contributed by atoms with Gasteiger partial charge in [0.15, 0.2) is 5.82 Å². The number of rotatable bonds is 6. The molecular formula is C13H16BrN3OS. The van der Waals surface area contributed by atoms with Crippen LogP contribution < -0.4 is 5.73 Å². The van der Waals surface area contributed by atoms with E-state index in [1.165, 1.54) is 4.90 Å². The molecule has 1 atom stereocenters. The van der Waals surface area contributed by atoms with Crippen LogP contribution in [0.5, 0.6) is 0 Å². The van der Waals surface area contributed by atoms with Crippen molar-refractivity contribution in [3.63, 3.8) is 0 Å². The first-order valence-corrected chi connectivity index (χ1v) is 7.92. The maximum atomic E-state index is 5.67.